The Kier molecular flexibility index (Phi) is 3.04. The van der Waals surface area contributed by atoms with Crippen molar-refractivity contribution in [2.75, 3.05) is 0 Å². The zero-order chi connectivity index (χ0) is 15.8. The molecule has 0 unspecified atom stereocenters. The molecule has 0 amide bonds. The van der Waals surface area contributed by atoms with Crippen LogP contribution in [0.4, 0.5) is 0 Å². The fourth-order valence-corrected chi connectivity index (χ4v) is 2.48. The summed E-state index contributed by atoms with van der Waals surface area (Å²) in [7, 11) is 0. The summed E-state index contributed by atoms with van der Waals surface area (Å²) in [6.45, 7) is 1.86. The minimum atomic E-state index is -0.0815. The van der Waals surface area contributed by atoms with Gasteiger partial charge in [-0.05, 0) is 30.3 Å². The Morgan fingerprint density at radius 3 is 2.96 bits per heavy atom. The molecular weight excluding hydrogens is 294 g/mol. The van der Waals surface area contributed by atoms with Crippen LogP contribution >= 0.6 is 0 Å². The number of nitrogens with one attached hydrogen (secondary N) is 1. The number of aromatic amines is 1. The number of nitrogens with zero attached hydrogens (tertiary/aromatic N) is 4. The molecule has 7 nitrogen and oxygen atoms in total. The molecule has 0 fully saturated rings. The Hall–Kier alpha value is -3.22. The van der Waals surface area contributed by atoms with E-state index in [0.717, 1.165) is 16.7 Å². The number of aryl methyl sites for hydroxylation is 1. The monoisotopic (exact) mass is 307 g/mol. The number of tetrazole rings is 1. The van der Waals surface area contributed by atoms with Crippen LogP contribution in [-0.2, 0) is 6.54 Å². The van der Waals surface area contributed by atoms with Gasteiger partial charge in [0.15, 0.2) is 11.5 Å². The molecule has 0 aliphatic rings. The number of rotatable bonds is 4. The van der Waals surface area contributed by atoms with Crippen molar-refractivity contribution >= 4 is 16.7 Å². The summed E-state index contributed by atoms with van der Waals surface area (Å²) in [5, 5.41) is 12.9. The van der Waals surface area contributed by atoms with Gasteiger partial charge in [-0.15, -0.1) is 10.2 Å². The fourth-order valence-electron chi connectivity index (χ4n) is 2.48. The number of furan rings is 1. The Morgan fingerprint density at radius 2 is 2.13 bits per heavy atom. The summed E-state index contributed by atoms with van der Waals surface area (Å²) in [5.74, 6) is 1.59. The first-order valence-electron chi connectivity index (χ1n) is 7.14. The average molecular weight is 307 g/mol. The molecule has 0 aliphatic heterocycles. The molecule has 7 heteroatoms. The van der Waals surface area contributed by atoms with Crippen LogP contribution in [0.3, 0.4) is 0 Å². The number of carbonyl (C=O) groups is 1. The summed E-state index contributed by atoms with van der Waals surface area (Å²) in [6, 6.07) is 11.3. The number of aromatic nitrogens is 5. The van der Waals surface area contributed by atoms with Crippen molar-refractivity contribution in [2.24, 2.45) is 0 Å². The van der Waals surface area contributed by atoms with Gasteiger partial charge < -0.3 is 9.40 Å². The lowest BCUT2D eigenvalue weighted by Gasteiger charge is -1.98. The van der Waals surface area contributed by atoms with Gasteiger partial charge in [-0.1, -0.05) is 18.2 Å². The number of H-pyrrole nitrogens is 1. The van der Waals surface area contributed by atoms with Crippen LogP contribution in [0.5, 0.6) is 0 Å². The smallest absolute Gasteiger partial charge is 0.240 e. The van der Waals surface area contributed by atoms with Crippen molar-refractivity contribution in [3.05, 3.63) is 53.9 Å². The van der Waals surface area contributed by atoms with Crippen molar-refractivity contribution in [1.82, 2.24) is 25.2 Å². The van der Waals surface area contributed by atoms with Gasteiger partial charge in [-0.2, -0.15) is 4.80 Å². The molecule has 3 heterocycles. The second-order valence-corrected chi connectivity index (χ2v) is 5.22. The highest BCUT2D eigenvalue weighted by molar-refractivity contribution is 6.07. The number of carbonyl (C=O) groups excluding carboxylic acids is 1. The molecule has 1 N–H and O–H groups in total. The fraction of sp³-hybridized carbons (Fsp3) is 0.125. The molecule has 3 aromatic heterocycles. The van der Waals surface area contributed by atoms with E-state index in [0.29, 0.717) is 17.1 Å². The minimum absolute atomic E-state index is 0.0224. The van der Waals surface area contributed by atoms with Crippen molar-refractivity contribution < 1.29 is 9.21 Å². The van der Waals surface area contributed by atoms with E-state index in [4.69, 9.17) is 4.42 Å². The quantitative estimate of drug-likeness (QED) is 0.585. The molecule has 0 saturated carbocycles. The predicted octanol–water partition coefficient (Wildman–Crippen LogP) is 2.61. The molecular formula is C16H13N5O2. The molecule has 0 aliphatic carbocycles. The van der Waals surface area contributed by atoms with Gasteiger partial charge in [0.1, 0.15) is 12.3 Å². The summed E-state index contributed by atoms with van der Waals surface area (Å²) in [6.07, 6.45) is 1.71. The second kappa shape index (κ2) is 5.20. The van der Waals surface area contributed by atoms with Crippen LogP contribution in [0.25, 0.3) is 22.5 Å². The molecule has 0 radical (unpaired) electrons. The summed E-state index contributed by atoms with van der Waals surface area (Å²) < 4.78 is 5.45. The van der Waals surface area contributed by atoms with E-state index in [1.54, 1.807) is 12.3 Å². The van der Waals surface area contributed by atoms with E-state index in [9.17, 15) is 4.79 Å². The van der Waals surface area contributed by atoms with Gasteiger partial charge in [0.2, 0.25) is 5.82 Å². The van der Waals surface area contributed by atoms with E-state index >= 15 is 0 Å². The van der Waals surface area contributed by atoms with Crippen LogP contribution in [-0.4, -0.2) is 31.0 Å². The molecule has 4 rings (SSSR count). The lowest BCUT2D eigenvalue weighted by molar-refractivity contribution is 0.0963. The predicted molar refractivity (Wildman–Crippen MR) is 82.9 cm³/mol. The van der Waals surface area contributed by atoms with E-state index in [1.165, 1.54) is 4.80 Å². The first kappa shape index (κ1) is 13.4. The van der Waals surface area contributed by atoms with Crippen LogP contribution in [0, 0.1) is 6.92 Å². The van der Waals surface area contributed by atoms with E-state index < -0.39 is 0 Å². The maximum absolute atomic E-state index is 12.5. The van der Waals surface area contributed by atoms with Gasteiger partial charge in [-0.25, -0.2) is 0 Å². The molecule has 4 aromatic rings. The molecule has 0 bridgehead atoms. The lowest BCUT2D eigenvalue weighted by atomic mass is 10.1. The van der Waals surface area contributed by atoms with Gasteiger partial charge in [0.25, 0.3) is 0 Å². The van der Waals surface area contributed by atoms with Crippen molar-refractivity contribution in [1.29, 1.82) is 0 Å². The van der Waals surface area contributed by atoms with E-state index in [-0.39, 0.29) is 12.3 Å². The standard InChI is InChI=1S/C16H13N5O2/c1-10-6-7-15(23-10)16-18-20-21(19-16)9-14(22)12-8-17-13-5-3-2-4-11(12)13/h2-8,17H,9H2,1H3. The lowest BCUT2D eigenvalue weighted by Crippen LogP contribution is -2.13. The maximum atomic E-state index is 12.5. The van der Waals surface area contributed by atoms with Gasteiger partial charge in [-0.3, -0.25) is 4.79 Å². The number of hydrogen-bond donors (Lipinski definition) is 1. The number of Topliss-reactive ketones (excluding diaryl/α,β-unsaturated/α-hetero) is 1. The van der Waals surface area contributed by atoms with E-state index in [1.807, 2.05) is 37.3 Å². The van der Waals surface area contributed by atoms with Crippen molar-refractivity contribution in [3.8, 4) is 11.6 Å². The van der Waals surface area contributed by atoms with Crippen molar-refractivity contribution in [3.63, 3.8) is 0 Å². The van der Waals surface area contributed by atoms with Gasteiger partial charge in [0.05, 0.1) is 0 Å². The summed E-state index contributed by atoms with van der Waals surface area (Å²) in [5.41, 5.74) is 1.54. The zero-order valence-corrected chi connectivity index (χ0v) is 12.4. The highest BCUT2D eigenvalue weighted by atomic mass is 16.3. The Balaban J connectivity index is 1.58. The third kappa shape index (κ3) is 2.42. The molecule has 1 aromatic carbocycles. The third-order valence-corrected chi connectivity index (χ3v) is 3.59. The molecule has 23 heavy (non-hydrogen) atoms. The Labute approximate surface area is 130 Å². The summed E-state index contributed by atoms with van der Waals surface area (Å²) in [4.78, 5) is 16.8. The zero-order valence-electron chi connectivity index (χ0n) is 12.4. The van der Waals surface area contributed by atoms with Crippen LogP contribution in [0.15, 0.2) is 47.0 Å². The number of fused-ring (bicyclic) bond motifs is 1. The van der Waals surface area contributed by atoms with Crippen molar-refractivity contribution in [2.45, 2.75) is 13.5 Å². The molecule has 0 saturated heterocycles. The first-order valence-corrected chi connectivity index (χ1v) is 7.14. The SMILES string of the molecule is Cc1ccc(-c2nnn(CC(=O)c3c[nH]c4ccccc34)n2)o1. The Bertz CT molecular complexity index is 995. The average Bonchev–Trinajstić information content (AvgIpc) is 3.25. The molecule has 0 spiro atoms. The van der Waals surface area contributed by atoms with Crippen LogP contribution < -0.4 is 0 Å². The number of para-hydroxylation sites is 1. The second-order valence-electron chi connectivity index (χ2n) is 5.22. The van der Waals surface area contributed by atoms with Gasteiger partial charge in [0, 0.05) is 22.7 Å². The number of benzene rings is 1. The normalized spacial score (nSPS) is 11.2. The number of hydrogen-bond acceptors (Lipinski definition) is 5. The number of ketones is 1. The largest absolute Gasteiger partial charge is 0.458 e. The summed E-state index contributed by atoms with van der Waals surface area (Å²) >= 11 is 0. The first-order chi connectivity index (χ1) is 11.2. The van der Waals surface area contributed by atoms with E-state index in [2.05, 4.69) is 20.4 Å². The molecule has 0 atom stereocenters. The third-order valence-electron chi connectivity index (χ3n) is 3.59. The van der Waals surface area contributed by atoms with Crippen LogP contribution in [0.1, 0.15) is 16.1 Å². The minimum Gasteiger partial charge on any atom is -0.458 e. The topological polar surface area (TPSA) is 89.6 Å². The van der Waals surface area contributed by atoms with Gasteiger partial charge >= 0.3 is 0 Å². The highest BCUT2D eigenvalue weighted by Crippen LogP contribution is 2.19. The van der Waals surface area contributed by atoms with Crippen LogP contribution in [0.2, 0.25) is 0 Å². The highest BCUT2D eigenvalue weighted by Gasteiger charge is 2.15. The molecule has 114 valence electrons. The maximum Gasteiger partial charge on any atom is 0.240 e. The Morgan fingerprint density at radius 1 is 1.26 bits per heavy atom.